The van der Waals surface area contributed by atoms with Gasteiger partial charge in [-0.2, -0.15) is 0 Å². The third-order valence-corrected chi connectivity index (χ3v) is 3.19. The molecule has 1 aromatic rings. The minimum Gasteiger partial charge on any atom is -0.478 e. The highest BCUT2D eigenvalue weighted by atomic mass is 16.5. The average Bonchev–Trinajstić information content (AvgIpc) is 2.28. The normalized spacial score (nSPS) is 15.1. The summed E-state index contributed by atoms with van der Waals surface area (Å²) in [5.41, 5.74) is 5.97. The maximum absolute atomic E-state index is 11.7. The van der Waals surface area contributed by atoms with E-state index < -0.39 is 11.5 Å². The van der Waals surface area contributed by atoms with E-state index in [1.165, 1.54) is 0 Å². The molecular weight excluding hydrogens is 230 g/mol. The van der Waals surface area contributed by atoms with E-state index in [1.54, 1.807) is 26.0 Å². The van der Waals surface area contributed by atoms with E-state index in [-0.39, 0.29) is 5.78 Å². The second kappa shape index (κ2) is 4.44. The number of carbonyl (C=O) groups is 2. The van der Waals surface area contributed by atoms with Crippen LogP contribution in [0.5, 0.6) is 5.75 Å². The molecule has 96 valence electrons. The van der Waals surface area contributed by atoms with Crippen molar-refractivity contribution in [3.05, 3.63) is 29.3 Å². The summed E-state index contributed by atoms with van der Waals surface area (Å²) in [7, 11) is 0. The van der Waals surface area contributed by atoms with Crippen molar-refractivity contribution >= 4 is 11.7 Å². The molecule has 0 bridgehead atoms. The van der Waals surface area contributed by atoms with Crippen LogP contribution in [0.25, 0.3) is 0 Å². The van der Waals surface area contributed by atoms with E-state index in [2.05, 4.69) is 0 Å². The first-order chi connectivity index (χ1) is 8.40. The molecule has 2 N–H and O–H groups in total. The van der Waals surface area contributed by atoms with E-state index in [0.29, 0.717) is 12.2 Å². The van der Waals surface area contributed by atoms with Gasteiger partial charge >= 0.3 is 0 Å². The Balaban J connectivity index is 2.27. The predicted octanol–water partition coefficient (Wildman–Crippen LogP) is 1.85. The van der Waals surface area contributed by atoms with Gasteiger partial charge in [-0.05, 0) is 50.5 Å². The Morgan fingerprint density at radius 3 is 2.72 bits per heavy atom. The van der Waals surface area contributed by atoms with E-state index >= 15 is 0 Å². The monoisotopic (exact) mass is 247 g/mol. The molecular formula is C14H17NO3. The van der Waals surface area contributed by atoms with Gasteiger partial charge in [0.2, 0.25) is 0 Å². The molecule has 0 unspecified atom stereocenters. The molecule has 1 amide bonds. The standard InChI is InChI=1S/C14H17NO3/c1-14(2,13(15)17)18-10-6-7-11-9(8-10)4-3-5-12(11)16/h6-8H,3-5H2,1-2H3,(H2,15,17). The molecule has 0 saturated carbocycles. The topological polar surface area (TPSA) is 69.4 Å². The molecule has 4 heteroatoms. The highest BCUT2D eigenvalue weighted by Gasteiger charge is 2.27. The van der Waals surface area contributed by atoms with Crippen molar-refractivity contribution in [1.82, 2.24) is 0 Å². The Hall–Kier alpha value is -1.84. The van der Waals surface area contributed by atoms with Crippen molar-refractivity contribution in [1.29, 1.82) is 0 Å². The van der Waals surface area contributed by atoms with Gasteiger partial charge in [-0.15, -0.1) is 0 Å². The first-order valence-corrected chi connectivity index (χ1v) is 6.05. The quantitative estimate of drug-likeness (QED) is 0.886. The van der Waals surface area contributed by atoms with Crippen molar-refractivity contribution in [2.45, 2.75) is 38.7 Å². The van der Waals surface area contributed by atoms with Crippen LogP contribution in [0.4, 0.5) is 0 Å². The molecule has 2 rings (SSSR count). The van der Waals surface area contributed by atoms with Crippen LogP contribution in [0.15, 0.2) is 18.2 Å². The summed E-state index contributed by atoms with van der Waals surface area (Å²) in [4.78, 5) is 22.9. The molecule has 0 aliphatic heterocycles. The summed E-state index contributed by atoms with van der Waals surface area (Å²) >= 11 is 0. The Labute approximate surface area is 106 Å². The van der Waals surface area contributed by atoms with Gasteiger partial charge in [-0.25, -0.2) is 0 Å². The molecule has 0 heterocycles. The number of primary amides is 1. The first kappa shape index (κ1) is 12.6. The number of hydrogen-bond acceptors (Lipinski definition) is 3. The first-order valence-electron chi connectivity index (χ1n) is 6.05. The number of amides is 1. The lowest BCUT2D eigenvalue weighted by molar-refractivity contribution is -0.130. The highest BCUT2D eigenvalue weighted by molar-refractivity contribution is 5.98. The number of ketones is 1. The van der Waals surface area contributed by atoms with Crippen LogP contribution < -0.4 is 10.5 Å². The smallest absolute Gasteiger partial charge is 0.261 e. The third kappa shape index (κ3) is 2.37. The fourth-order valence-electron chi connectivity index (χ4n) is 2.03. The van der Waals surface area contributed by atoms with Crippen LogP contribution in [0.1, 0.15) is 42.6 Å². The van der Waals surface area contributed by atoms with Gasteiger partial charge in [0.25, 0.3) is 5.91 Å². The van der Waals surface area contributed by atoms with Gasteiger partial charge in [0, 0.05) is 12.0 Å². The highest BCUT2D eigenvalue weighted by Crippen LogP contribution is 2.27. The number of carbonyl (C=O) groups excluding carboxylic acids is 2. The summed E-state index contributed by atoms with van der Waals surface area (Å²) in [5, 5.41) is 0. The van der Waals surface area contributed by atoms with Gasteiger partial charge in [0.05, 0.1) is 0 Å². The minimum absolute atomic E-state index is 0.178. The van der Waals surface area contributed by atoms with Crippen molar-refractivity contribution < 1.29 is 14.3 Å². The van der Waals surface area contributed by atoms with E-state index in [9.17, 15) is 9.59 Å². The average molecular weight is 247 g/mol. The van der Waals surface area contributed by atoms with Gasteiger partial charge in [-0.1, -0.05) is 0 Å². The molecule has 18 heavy (non-hydrogen) atoms. The molecule has 0 saturated heterocycles. The zero-order valence-corrected chi connectivity index (χ0v) is 10.7. The van der Waals surface area contributed by atoms with E-state index in [1.807, 2.05) is 6.07 Å². The summed E-state index contributed by atoms with van der Waals surface area (Å²) in [6, 6.07) is 5.31. The van der Waals surface area contributed by atoms with E-state index in [4.69, 9.17) is 10.5 Å². The van der Waals surface area contributed by atoms with Crippen molar-refractivity contribution in [2.75, 3.05) is 0 Å². The van der Waals surface area contributed by atoms with Gasteiger partial charge in [0.1, 0.15) is 5.75 Å². The molecule has 0 fully saturated rings. The number of hydrogen-bond donors (Lipinski definition) is 1. The molecule has 0 atom stereocenters. The van der Waals surface area contributed by atoms with Gasteiger partial charge in [0.15, 0.2) is 11.4 Å². The lowest BCUT2D eigenvalue weighted by atomic mass is 9.90. The zero-order chi connectivity index (χ0) is 13.3. The van der Waals surface area contributed by atoms with Crippen molar-refractivity contribution in [3.8, 4) is 5.75 Å². The van der Waals surface area contributed by atoms with Crippen molar-refractivity contribution in [3.63, 3.8) is 0 Å². The number of nitrogens with two attached hydrogens (primary N) is 1. The molecule has 0 spiro atoms. The lowest BCUT2D eigenvalue weighted by Gasteiger charge is -2.24. The van der Waals surface area contributed by atoms with Crippen molar-refractivity contribution in [2.24, 2.45) is 5.73 Å². The van der Waals surface area contributed by atoms with Crippen LogP contribution in [-0.4, -0.2) is 17.3 Å². The third-order valence-electron chi connectivity index (χ3n) is 3.19. The van der Waals surface area contributed by atoms with Crippen LogP contribution >= 0.6 is 0 Å². The Morgan fingerprint density at radius 1 is 1.33 bits per heavy atom. The Bertz CT molecular complexity index is 506. The van der Waals surface area contributed by atoms with Crippen LogP contribution in [-0.2, 0) is 11.2 Å². The minimum atomic E-state index is -1.05. The number of fused-ring (bicyclic) bond motifs is 1. The summed E-state index contributed by atoms with van der Waals surface area (Å²) < 4.78 is 5.58. The maximum Gasteiger partial charge on any atom is 0.261 e. The second-order valence-corrected chi connectivity index (χ2v) is 5.07. The fourth-order valence-corrected chi connectivity index (χ4v) is 2.03. The Morgan fingerprint density at radius 2 is 2.06 bits per heavy atom. The number of Topliss-reactive ketones (excluding diaryl/α,β-unsaturated/α-hetero) is 1. The number of ether oxygens (including phenoxy) is 1. The van der Waals surface area contributed by atoms with Crippen LogP contribution in [0.2, 0.25) is 0 Å². The SMILES string of the molecule is CC(C)(Oc1ccc2c(c1)CCCC2=O)C(N)=O. The largest absolute Gasteiger partial charge is 0.478 e. The van der Waals surface area contributed by atoms with Gasteiger partial charge < -0.3 is 10.5 Å². The molecule has 0 aromatic heterocycles. The van der Waals surface area contributed by atoms with E-state index in [0.717, 1.165) is 24.0 Å². The molecule has 1 aliphatic rings. The number of aryl methyl sites for hydroxylation is 1. The molecule has 1 aliphatic carbocycles. The summed E-state index contributed by atoms with van der Waals surface area (Å²) in [6.45, 7) is 3.25. The van der Waals surface area contributed by atoms with Gasteiger partial charge in [-0.3, -0.25) is 9.59 Å². The zero-order valence-electron chi connectivity index (χ0n) is 10.7. The predicted molar refractivity (Wildman–Crippen MR) is 67.6 cm³/mol. The number of rotatable bonds is 3. The van der Waals surface area contributed by atoms with Crippen LogP contribution in [0, 0.1) is 0 Å². The fraction of sp³-hybridized carbons (Fsp3) is 0.429. The summed E-state index contributed by atoms with van der Waals surface area (Å²) in [5.74, 6) is 0.237. The van der Waals surface area contributed by atoms with Crippen LogP contribution in [0.3, 0.4) is 0 Å². The number of benzene rings is 1. The summed E-state index contributed by atoms with van der Waals surface area (Å²) in [6.07, 6.45) is 2.35. The second-order valence-electron chi connectivity index (χ2n) is 5.07. The molecule has 1 aromatic carbocycles. The molecule has 0 radical (unpaired) electrons. The lowest BCUT2D eigenvalue weighted by Crippen LogP contribution is -2.43. The Kier molecular flexibility index (Phi) is 3.11. The maximum atomic E-state index is 11.7. The molecule has 4 nitrogen and oxygen atoms in total.